The highest BCUT2D eigenvalue weighted by Gasteiger charge is 2.12. The second kappa shape index (κ2) is 5.42. The molecule has 0 bridgehead atoms. The van der Waals surface area contributed by atoms with Gasteiger partial charge in [-0.25, -0.2) is 4.79 Å². The molecule has 2 rings (SSSR count). The number of hydrogen-bond acceptors (Lipinski definition) is 6. The maximum absolute atomic E-state index is 11.1. The molecule has 0 saturated carbocycles. The van der Waals surface area contributed by atoms with Crippen LogP contribution in [0, 0.1) is 0 Å². The van der Waals surface area contributed by atoms with E-state index in [1.54, 1.807) is 0 Å². The molecule has 19 heavy (non-hydrogen) atoms. The molecule has 1 aliphatic heterocycles. The zero-order valence-corrected chi connectivity index (χ0v) is 10.5. The zero-order valence-electron chi connectivity index (χ0n) is 10.5. The maximum Gasteiger partial charge on any atom is 0.435 e. The summed E-state index contributed by atoms with van der Waals surface area (Å²) in [5.74, 6) is 0.407. The lowest BCUT2D eigenvalue weighted by Gasteiger charge is -2.24. The predicted molar refractivity (Wildman–Crippen MR) is 67.8 cm³/mol. The minimum Gasteiger partial charge on any atom is -0.451 e. The number of amides is 1. The molecule has 8 heteroatoms. The summed E-state index contributed by atoms with van der Waals surface area (Å²) in [4.78, 5) is 20.7. The lowest BCUT2D eigenvalue weighted by molar-refractivity contribution is 0.165. The van der Waals surface area contributed by atoms with Crippen LogP contribution in [0.2, 0.25) is 0 Å². The molecule has 0 saturated heterocycles. The van der Waals surface area contributed by atoms with E-state index in [1.807, 2.05) is 11.0 Å². The molecule has 0 unspecified atom stereocenters. The third-order valence-corrected chi connectivity index (χ3v) is 2.68. The molecule has 1 aromatic rings. The van der Waals surface area contributed by atoms with Crippen molar-refractivity contribution in [1.82, 2.24) is 9.71 Å². The number of rotatable bonds is 1. The first kappa shape index (κ1) is 12.9. The number of carbonyl (C=O) groups is 1. The van der Waals surface area contributed by atoms with Crippen LogP contribution in [0.4, 0.5) is 16.6 Å². The van der Waals surface area contributed by atoms with Crippen LogP contribution in [-0.2, 0) is 4.74 Å². The number of ether oxygens (including phenoxy) is 1. The highest BCUT2D eigenvalue weighted by atomic mass is 16.5. The Morgan fingerprint density at radius 1 is 1.58 bits per heavy atom. The van der Waals surface area contributed by atoms with Gasteiger partial charge in [0.2, 0.25) is 5.95 Å². The molecule has 0 aromatic carbocycles. The Morgan fingerprint density at radius 3 is 3.00 bits per heavy atom. The minimum atomic E-state index is -0.821. The van der Waals surface area contributed by atoms with Crippen molar-refractivity contribution < 1.29 is 14.7 Å². The average molecular weight is 265 g/mol. The summed E-state index contributed by atoms with van der Waals surface area (Å²) >= 11 is 0. The number of nitrogens with two attached hydrogens (primary N) is 1. The Hall–Kier alpha value is -2.51. The van der Waals surface area contributed by atoms with Crippen LogP contribution >= 0.6 is 0 Å². The number of nitrogen functional groups attached to an aromatic ring is 1. The molecule has 1 aromatic heterocycles. The summed E-state index contributed by atoms with van der Waals surface area (Å²) in [6.45, 7) is 1.48. The maximum atomic E-state index is 11.1. The van der Waals surface area contributed by atoms with E-state index < -0.39 is 6.09 Å². The Balaban J connectivity index is 2.44. The van der Waals surface area contributed by atoms with Crippen LogP contribution in [0.25, 0.3) is 0 Å². The third-order valence-electron chi connectivity index (χ3n) is 2.68. The molecule has 0 radical (unpaired) electrons. The highest BCUT2D eigenvalue weighted by Crippen LogP contribution is 2.13. The number of aromatic nitrogens is 2. The molecule has 0 atom stereocenters. The van der Waals surface area contributed by atoms with Gasteiger partial charge in [-0.3, -0.25) is 0 Å². The van der Waals surface area contributed by atoms with Crippen LogP contribution in [0.15, 0.2) is 23.2 Å². The molecule has 102 valence electrons. The quantitative estimate of drug-likeness (QED) is 0.552. The van der Waals surface area contributed by atoms with Gasteiger partial charge in [-0.2, -0.15) is 9.98 Å². The smallest absolute Gasteiger partial charge is 0.435 e. The van der Waals surface area contributed by atoms with Crippen LogP contribution in [0.3, 0.4) is 0 Å². The van der Waals surface area contributed by atoms with Gasteiger partial charge in [0, 0.05) is 19.2 Å². The first-order chi connectivity index (χ1) is 9.11. The largest absolute Gasteiger partial charge is 0.451 e. The topological polar surface area (TPSA) is 106 Å². The first-order valence-corrected chi connectivity index (χ1v) is 5.73. The molecule has 1 aliphatic rings. The fourth-order valence-corrected chi connectivity index (χ4v) is 1.72. The van der Waals surface area contributed by atoms with Crippen molar-refractivity contribution in [2.75, 3.05) is 30.8 Å². The van der Waals surface area contributed by atoms with Gasteiger partial charge in [-0.1, -0.05) is 12.2 Å². The predicted octanol–water partition coefficient (Wildman–Crippen LogP) is 0.136. The van der Waals surface area contributed by atoms with E-state index in [0.717, 1.165) is 13.0 Å². The number of anilines is 2. The fraction of sp³-hybridized carbons (Fsp3) is 0.364. The van der Waals surface area contributed by atoms with E-state index >= 15 is 0 Å². The Labute approximate surface area is 109 Å². The van der Waals surface area contributed by atoms with Gasteiger partial charge in [0.15, 0.2) is 5.49 Å². The van der Waals surface area contributed by atoms with Crippen molar-refractivity contribution in [3.05, 3.63) is 23.7 Å². The van der Waals surface area contributed by atoms with Gasteiger partial charge in [0.25, 0.3) is 0 Å². The second-order valence-electron chi connectivity index (χ2n) is 3.93. The third kappa shape index (κ3) is 2.84. The second-order valence-corrected chi connectivity index (χ2v) is 3.93. The molecule has 1 amide bonds. The molecule has 0 aliphatic carbocycles. The van der Waals surface area contributed by atoms with Crippen molar-refractivity contribution in [1.29, 1.82) is 0 Å². The van der Waals surface area contributed by atoms with E-state index in [1.165, 1.54) is 13.2 Å². The Kier molecular flexibility index (Phi) is 3.69. The van der Waals surface area contributed by atoms with Gasteiger partial charge in [-0.05, 0) is 6.42 Å². The molecule has 0 fully saturated rings. The number of carbonyl (C=O) groups excluding carboxylic acids is 1. The normalized spacial score (nSPS) is 15.6. The summed E-state index contributed by atoms with van der Waals surface area (Å²) in [7, 11) is 1.20. The van der Waals surface area contributed by atoms with Crippen LogP contribution in [0.1, 0.15) is 6.42 Å². The lowest BCUT2D eigenvalue weighted by atomic mass is 10.2. The first-order valence-electron chi connectivity index (χ1n) is 5.73. The average Bonchev–Trinajstić information content (AvgIpc) is 2.44. The van der Waals surface area contributed by atoms with Crippen molar-refractivity contribution in [3.63, 3.8) is 0 Å². The van der Waals surface area contributed by atoms with E-state index in [0.29, 0.717) is 17.1 Å². The monoisotopic (exact) mass is 265 g/mol. The summed E-state index contributed by atoms with van der Waals surface area (Å²) in [5, 5.41) is 9.66. The van der Waals surface area contributed by atoms with Crippen molar-refractivity contribution >= 4 is 17.9 Å². The molecule has 0 spiro atoms. The van der Waals surface area contributed by atoms with Crippen molar-refractivity contribution in [3.8, 4) is 0 Å². The van der Waals surface area contributed by atoms with E-state index in [2.05, 4.69) is 20.8 Å². The summed E-state index contributed by atoms with van der Waals surface area (Å²) < 4.78 is 4.96. The van der Waals surface area contributed by atoms with Gasteiger partial charge in [0.1, 0.15) is 5.82 Å². The van der Waals surface area contributed by atoms with E-state index in [-0.39, 0.29) is 11.4 Å². The number of hydrogen-bond donors (Lipinski definition) is 2. The zero-order chi connectivity index (χ0) is 13.8. The summed E-state index contributed by atoms with van der Waals surface area (Å²) in [5.41, 5.74) is 5.57. The lowest BCUT2D eigenvalue weighted by Crippen LogP contribution is -2.32. The minimum absolute atomic E-state index is 0.0242. The highest BCUT2D eigenvalue weighted by molar-refractivity contribution is 5.68. The van der Waals surface area contributed by atoms with E-state index in [9.17, 15) is 10.0 Å². The standard InChI is InChI=1S/C11H15N5O3/c1-19-11(17)14-9-7-8(13-10(12)16(9)18)15-5-3-2-4-6-15/h2-3,7,18H,4-6H2,1H3,(H2,12,13). The summed E-state index contributed by atoms with van der Waals surface area (Å²) in [6, 6.07) is 1.48. The van der Waals surface area contributed by atoms with Crippen LogP contribution in [-0.4, -0.2) is 41.2 Å². The van der Waals surface area contributed by atoms with E-state index in [4.69, 9.17) is 5.73 Å². The van der Waals surface area contributed by atoms with Gasteiger partial charge >= 0.3 is 6.09 Å². The molecule has 3 N–H and O–H groups in total. The van der Waals surface area contributed by atoms with Crippen LogP contribution < -0.4 is 16.1 Å². The molecule has 8 nitrogen and oxygen atoms in total. The van der Waals surface area contributed by atoms with Crippen molar-refractivity contribution in [2.45, 2.75) is 6.42 Å². The summed E-state index contributed by atoms with van der Waals surface area (Å²) in [6.07, 6.45) is 4.17. The molecule has 2 heterocycles. The van der Waals surface area contributed by atoms with Crippen LogP contribution in [0.5, 0.6) is 0 Å². The van der Waals surface area contributed by atoms with Crippen molar-refractivity contribution in [2.24, 2.45) is 4.99 Å². The molecular formula is C11H15N5O3. The van der Waals surface area contributed by atoms with Gasteiger partial charge in [0.05, 0.1) is 7.11 Å². The number of nitrogens with zero attached hydrogens (tertiary/aromatic N) is 4. The fourth-order valence-electron chi connectivity index (χ4n) is 1.72. The number of methoxy groups -OCH3 is 1. The van der Waals surface area contributed by atoms with Gasteiger partial charge < -0.3 is 20.6 Å². The Morgan fingerprint density at radius 2 is 2.37 bits per heavy atom. The SMILES string of the molecule is COC(=O)N=c1cc(N2CC=CCC2)nc(N)n1O. The van der Waals surface area contributed by atoms with Gasteiger partial charge in [-0.15, -0.1) is 4.73 Å². The molecular weight excluding hydrogens is 250 g/mol. The Bertz CT molecular complexity index is 578.